The molecule has 3 N–H and O–H groups in total. The molecule has 0 radical (unpaired) electrons. The zero-order valence-electron chi connectivity index (χ0n) is 6.45. The third-order valence-corrected chi connectivity index (χ3v) is 2.22. The Hall–Kier alpha value is -0.120. The average molecular weight is 144 g/mol. The van der Waals surface area contributed by atoms with Gasteiger partial charge in [-0.3, -0.25) is 5.84 Å². The number of aliphatic hydroxyl groups is 1. The van der Waals surface area contributed by atoms with Crippen molar-refractivity contribution in [1.29, 1.82) is 0 Å². The highest BCUT2D eigenvalue weighted by Gasteiger charge is 2.24. The molecule has 3 nitrogen and oxygen atoms in total. The van der Waals surface area contributed by atoms with E-state index in [1.165, 1.54) is 6.42 Å². The normalized spacial score (nSPS) is 34.8. The average Bonchev–Trinajstić information content (AvgIpc) is 1.88. The van der Waals surface area contributed by atoms with Crippen LogP contribution in [0.5, 0.6) is 0 Å². The van der Waals surface area contributed by atoms with E-state index in [2.05, 4.69) is 0 Å². The van der Waals surface area contributed by atoms with Crippen LogP contribution in [0, 0.1) is 0 Å². The second-order valence-corrected chi connectivity index (χ2v) is 3.08. The van der Waals surface area contributed by atoms with E-state index in [-0.39, 0.29) is 12.1 Å². The van der Waals surface area contributed by atoms with E-state index in [9.17, 15) is 5.11 Å². The van der Waals surface area contributed by atoms with Gasteiger partial charge in [-0.05, 0) is 12.8 Å². The predicted octanol–water partition coefficient (Wildman–Crippen LogP) is 0.0954. The first-order valence-corrected chi connectivity index (χ1v) is 3.87. The molecule has 0 saturated heterocycles. The first kappa shape index (κ1) is 7.98. The summed E-state index contributed by atoms with van der Waals surface area (Å²) in [5.74, 6) is 5.53. The quantitative estimate of drug-likeness (QED) is 0.405. The van der Waals surface area contributed by atoms with Gasteiger partial charge in [0, 0.05) is 13.1 Å². The van der Waals surface area contributed by atoms with Gasteiger partial charge in [0.2, 0.25) is 0 Å². The van der Waals surface area contributed by atoms with Crippen molar-refractivity contribution in [2.24, 2.45) is 5.84 Å². The van der Waals surface area contributed by atoms with Gasteiger partial charge in [-0.25, -0.2) is 5.01 Å². The van der Waals surface area contributed by atoms with Crippen LogP contribution in [0.15, 0.2) is 0 Å². The van der Waals surface area contributed by atoms with Crippen LogP contribution in [-0.4, -0.2) is 29.3 Å². The molecule has 3 heteroatoms. The summed E-state index contributed by atoms with van der Waals surface area (Å²) in [7, 11) is 1.82. The summed E-state index contributed by atoms with van der Waals surface area (Å²) in [5.41, 5.74) is 0. The fraction of sp³-hybridized carbons (Fsp3) is 1.00. The van der Waals surface area contributed by atoms with Crippen LogP contribution in [0.1, 0.15) is 25.7 Å². The maximum atomic E-state index is 9.42. The van der Waals surface area contributed by atoms with Crippen LogP contribution < -0.4 is 5.84 Å². The number of rotatable bonds is 1. The molecule has 0 aromatic rings. The molecule has 1 saturated carbocycles. The van der Waals surface area contributed by atoms with Crippen molar-refractivity contribution in [3.05, 3.63) is 0 Å². The number of hydrogen-bond donors (Lipinski definition) is 2. The van der Waals surface area contributed by atoms with E-state index in [0.717, 1.165) is 19.3 Å². The summed E-state index contributed by atoms with van der Waals surface area (Å²) in [6, 6.07) is 0.189. The minimum atomic E-state index is -0.205. The molecule has 0 heterocycles. The van der Waals surface area contributed by atoms with E-state index in [1.807, 2.05) is 7.05 Å². The number of hydrogen-bond acceptors (Lipinski definition) is 3. The third-order valence-electron chi connectivity index (χ3n) is 2.22. The summed E-state index contributed by atoms with van der Waals surface area (Å²) in [6.45, 7) is 0. The van der Waals surface area contributed by atoms with Crippen LogP contribution in [0.4, 0.5) is 0 Å². The first-order valence-electron chi connectivity index (χ1n) is 3.87. The number of aliphatic hydroxyl groups excluding tert-OH is 1. The maximum absolute atomic E-state index is 9.42. The van der Waals surface area contributed by atoms with Crippen LogP contribution in [0.3, 0.4) is 0 Å². The van der Waals surface area contributed by atoms with E-state index in [0.29, 0.717) is 0 Å². The van der Waals surface area contributed by atoms with Crippen molar-refractivity contribution in [2.75, 3.05) is 7.05 Å². The summed E-state index contributed by atoms with van der Waals surface area (Å²) >= 11 is 0. The van der Waals surface area contributed by atoms with Crippen LogP contribution in [0.25, 0.3) is 0 Å². The topological polar surface area (TPSA) is 49.5 Å². The zero-order chi connectivity index (χ0) is 7.56. The molecule has 0 aromatic heterocycles. The largest absolute Gasteiger partial charge is 0.391 e. The zero-order valence-corrected chi connectivity index (χ0v) is 6.45. The Morgan fingerprint density at radius 1 is 1.40 bits per heavy atom. The lowest BCUT2D eigenvalue weighted by Crippen LogP contribution is -2.46. The Morgan fingerprint density at radius 2 is 2.00 bits per heavy atom. The van der Waals surface area contributed by atoms with Crippen molar-refractivity contribution < 1.29 is 5.11 Å². The summed E-state index contributed by atoms with van der Waals surface area (Å²) in [4.78, 5) is 0. The highest BCUT2D eigenvalue weighted by Crippen LogP contribution is 2.20. The molecule has 0 aromatic carbocycles. The van der Waals surface area contributed by atoms with Crippen molar-refractivity contribution >= 4 is 0 Å². The number of nitrogens with two attached hydrogens (primary N) is 1. The van der Waals surface area contributed by atoms with Gasteiger partial charge in [0.05, 0.1) is 6.10 Å². The lowest BCUT2D eigenvalue weighted by molar-refractivity contribution is 0.0321. The summed E-state index contributed by atoms with van der Waals surface area (Å²) in [6.07, 6.45) is 4.08. The molecule has 0 unspecified atom stereocenters. The van der Waals surface area contributed by atoms with Crippen LogP contribution >= 0.6 is 0 Å². The summed E-state index contributed by atoms with van der Waals surface area (Å²) in [5, 5.41) is 11.0. The molecule has 0 amide bonds. The molecule has 0 aliphatic heterocycles. The molecule has 1 aliphatic carbocycles. The van der Waals surface area contributed by atoms with E-state index < -0.39 is 0 Å². The van der Waals surface area contributed by atoms with Crippen LogP contribution in [0.2, 0.25) is 0 Å². The number of hydrazine groups is 1. The first-order chi connectivity index (χ1) is 4.72. The molecule has 0 bridgehead atoms. The van der Waals surface area contributed by atoms with E-state index in [1.54, 1.807) is 5.01 Å². The van der Waals surface area contributed by atoms with Gasteiger partial charge in [-0.2, -0.15) is 0 Å². The molecule has 2 atom stereocenters. The minimum Gasteiger partial charge on any atom is -0.391 e. The second-order valence-electron chi connectivity index (χ2n) is 3.08. The number of nitrogens with zero attached hydrogens (tertiary/aromatic N) is 1. The molecular formula is C7H16N2O. The Balaban J connectivity index is 2.40. The highest BCUT2D eigenvalue weighted by molar-refractivity contribution is 4.78. The Bertz CT molecular complexity index is 106. The Morgan fingerprint density at radius 3 is 2.40 bits per heavy atom. The number of likely N-dealkylation sites (N-methyl/N-ethyl adjacent to an activating group) is 1. The van der Waals surface area contributed by atoms with Gasteiger partial charge < -0.3 is 5.11 Å². The van der Waals surface area contributed by atoms with Crippen LogP contribution in [-0.2, 0) is 0 Å². The Kier molecular flexibility index (Phi) is 2.65. The minimum absolute atomic E-state index is 0.189. The lowest BCUT2D eigenvalue weighted by atomic mass is 9.92. The van der Waals surface area contributed by atoms with E-state index in [4.69, 9.17) is 5.84 Å². The van der Waals surface area contributed by atoms with Gasteiger partial charge in [0.15, 0.2) is 0 Å². The van der Waals surface area contributed by atoms with Gasteiger partial charge in [-0.15, -0.1) is 0 Å². The molecule has 1 fully saturated rings. The van der Waals surface area contributed by atoms with Crippen molar-refractivity contribution in [3.63, 3.8) is 0 Å². The third kappa shape index (κ3) is 1.68. The van der Waals surface area contributed by atoms with Gasteiger partial charge in [0.25, 0.3) is 0 Å². The summed E-state index contributed by atoms with van der Waals surface area (Å²) < 4.78 is 0. The maximum Gasteiger partial charge on any atom is 0.0709 e. The fourth-order valence-corrected chi connectivity index (χ4v) is 1.57. The smallest absolute Gasteiger partial charge is 0.0709 e. The highest BCUT2D eigenvalue weighted by atomic mass is 16.3. The van der Waals surface area contributed by atoms with Gasteiger partial charge in [0.1, 0.15) is 0 Å². The van der Waals surface area contributed by atoms with Gasteiger partial charge >= 0.3 is 0 Å². The standard InChI is InChI=1S/C7H16N2O/c1-9(8)6-4-2-3-5-7(6)10/h6-7,10H,2-5,8H2,1H3/t6-,7-/m1/s1. The molecule has 0 spiro atoms. The van der Waals surface area contributed by atoms with E-state index >= 15 is 0 Å². The van der Waals surface area contributed by atoms with Crippen molar-refractivity contribution in [1.82, 2.24) is 5.01 Å². The molecule has 1 rings (SSSR count). The van der Waals surface area contributed by atoms with Crippen molar-refractivity contribution in [3.8, 4) is 0 Å². The fourth-order valence-electron chi connectivity index (χ4n) is 1.57. The molecule has 1 aliphatic rings. The van der Waals surface area contributed by atoms with Gasteiger partial charge in [-0.1, -0.05) is 12.8 Å². The lowest BCUT2D eigenvalue weighted by Gasteiger charge is -2.32. The molecular weight excluding hydrogens is 128 g/mol. The Labute approximate surface area is 61.8 Å². The predicted molar refractivity (Wildman–Crippen MR) is 40.2 cm³/mol. The molecule has 60 valence electrons. The second kappa shape index (κ2) is 3.32. The monoisotopic (exact) mass is 144 g/mol. The van der Waals surface area contributed by atoms with Crippen molar-refractivity contribution in [2.45, 2.75) is 37.8 Å². The SMILES string of the molecule is CN(N)[C@@H]1CCCC[C@H]1O. The molecule has 10 heavy (non-hydrogen) atoms.